The van der Waals surface area contributed by atoms with Gasteiger partial charge in [-0.2, -0.15) is 0 Å². The first kappa shape index (κ1) is 20.5. The Bertz CT molecular complexity index is 1150. The Hall–Kier alpha value is -2.82. The maximum atomic E-state index is 12.8. The molecule has 0 fully saturated rings. The van der Waals surface area contributed by atoms with Crippen molar-refractivity contribution in [2.75, 3.05) is 0 Å². The van der Waals surface area contributed by atoms with Gasteiger partial charge < -0.3 is 0 Å². The van der Waals surface area contributed by atoms with E-state index in [9.17, 15) is 13.2 Å². The molecule has 1 heterocycles. The molecular weight excluding hydrogens is 452 g/mol. The molecule has 0 aliphatic rings. The van der Waals surface area contributed by atoms with Crippen LogP contribution in [0.5, 0.6) is 0 Å². The third-order valence-electron chi connectivity index (χ3n) is 4.85. The number of halogens is 3. The van der Waals surface area contributed by atoms with Crippen LogP contribution in [0.15, 0.2) is 78.9 Å². The average molecular weight is 471 g/mol. The van der Waals surface area contributed by atoms with Crippen LogP contribution in [0.4, 0.5) is 13.2 Å². The van der Waals surface area contributed by atoms with Gasteiger partial charge in [0.1, 0.15) is 0 Å². The molecule has 0 radical (unpaired) electrons. The zero-order chi connectivity index (χ0) is 21.3. The Morgan fingerprint density at radius 1 is 0.767 bits per heavy atom. The Morgan fingerprint density at radius 3 is 1.90 bits per heavy atom. The van der Waals surface area contributed by atoms with E-state index < -0.39 is 11.7 Å². The summed E-state index contributed by atoms with van der Waals surface area (Å²) in [5, 5.41) is 4.71. The summed E-state index contributed by atoms with van der Waals surface area (Å²) in [7, 11) is 0. The van der Waals surface area contributed by atoms with Gasteiger partial charge in [0.25, 0.3) is 0 Å². The fourth-order valence-electron chi connectivity index (χ4n) is 3.28. The molecule has 2 nitrogen and oxygen atoms in total. The molecule has 3 aromatic carbocycles. The minimum atomic E-state index is -4.31. The molecule has 0 saturated heterocycles. The third kappa shape index (κ3) is 4.20. The Labute approximate surface area is 179 Å². The molecule has 30 heavy (non-hydrogen) atoms. The van der Waals surface area contributed by atoms with Gasteiger partial charge in [-0.05, 0) is 0 Å². The van der Waals surface area contributed by atoms with Crippen LogP contribution in [-0.4, -0.2) is 24.7 Å². The number of alkyl halides is 3. The maximum absolute atomic E-state index is 12.8. The molecular formula is C24H19F3N2Se. The first-order valence-corrected chi connectivity index (χ1v) is 11.1. The number of nitrogens with zero attached hydrogens (tertiary/aromatic N) is 2. The van der Waals surface area contributed by atoms with Crippen molar-refractivity contribution in [2.45, 2.75) is 20.0 Å². The molecule has 1 aromatic heterocycles. The van der Waals surface area contributed by atoms with Gasteiger partial charge in [-0.25, -0.2) is 0 Å². The normalized spacial score (nSPS) is 11.6. The van der Waals surface area contributed by atoms with Crippen molar-refractivity contribution in [3.8, 4) is 16.8 Å². The van der Waals surface area contributed by atoms with E-state index in [1.807, 2.05) is 66.2 Å². The number of aromatic nitrogens is 2. The molecule has 152 valence electrons. The van der Waals surface area contributed by atoms with Gasteiger partial charge in [0.05, 0.1) is 0 Å². The van der Waals surface area contributed by atoms with Crippen molar-refractivity contribution in [1.29, 1.82) is 0 Å². The summed E-state index contributed by atoms with van der Waals surface area (Å²) in [6.45, 7) is 4.11. The van der Waals surface area contributed by atoms with Crippen molar-refractivity contribution < 1.29 is 13.2 Å². The topological polar surface area (TPSA) is 17.8 Å². The van der Waals surface area contributed by atoms with Crippen molar-refractivity contribution >= 4 is 23.9 Å². The van der Waals surface area contributed by atoms with Crippen LogP contribution in [0.2, 0.25) is 0 Å². The molecule has 6 heteroatoms. The summed E-state index contributed by atoms with van der Waals surface area (Å²) < 4.78 is 42.7. The van der Waals surface area contributed by atoms with Gasteiger partial charge in [0.2, 0.25) is 0 Å². The first-order valence-electron chi connectivity index (χ1n) is 9.40. The van der Waals surface area contributed by atoms with E-state index >= 15 is 0 Å². The molecule has 4 rings (SSSR count). The van der Waals surface area contributed by atoms with E-state index in [1.165, 1.54) is 21.1 Å². The Kier molecular flexibility index (Phi) is 5.54. The van der Waals surface area contributed by atoms with Gasteiger partial charge in [0, 0.05) is 0 Å². The molecule has 0 aliphatic carbocycles. The molecule has 0 spiro atoms. The van der Waals surface area contributed by atoms with Crippen LogP contribution in [0.1, 0.15) is 17.0 Å². The van der Waals surface area contributed by atoms with E-state index in [4.69, 9.17) is 5.10 Å². The standard InChI is InChI=1S/C24H19F3N2Se/c1-16-23(17(2)29(28-16)21-6-4-3-5-7-21)30-22-14-10-19(11-15-22)18-8-12-20(13-9-18)24(25,26)27/h3-15H,1-2H3. The second-order valence-electron chi connectivity index (χ2n) is 6.95. The number of benzene rings is 3. The second-order valence-corrected chi connectivity index (χ2v) is 9.22. The SMILES string of the molecule is Cc1nn(-c2ccccc2)c(C)c1[Se]c1ccc(-c2ccc(C(F)(F)F)cc2)cc1. The van der Waals surface area contributed by atoms with Crippen molar-refractivity contribution in [1.82, 2.24) is 9.78 Å². The first-order chi connectivity index (χ1) is 14.3. The van der Waals surface area contributed by atoms with Crippen LogP contribution in [0.25, 0.3) is 16.8 Å². The molecule has 0 bridgehead atoms. The zero-order valence-corrected chi connectivity index (χ0v) is 18.2. The second kappa shape index (κ2) is 8.13. The fraction of sp³-hybridized carbons (Fsp3) is 0.125. The Morgan fingerprint density at radius 2 is 1.33 bits per heavy atom. The predicted molar refractivity (Wildman–Crippen MR) is 115 cm³/mol. The van der Waals surface area contributed by atoms with Crippen LogP contribution in [0, 0.1) is 13.8 Å². The number of aryl methyl sites for hydroxylation is 1. The van der Waals surface area contributed by atoms with Crippen LogP contribution in [0.3, 0.4) is 0 Å². The Balaban J connectivity index is 1.55. The minimum absolute atomic E-state index is 0.0832. The van der Waals surface area contributed by atoms with E-state index in [2.05, 4.69) is 6.92 Å². The summed E-state index contributed by atoms with van der Waals surface area (Å²) in [6, 6.07) is 23.4. The number of hydrogen-bond donors (Lipinski definition) is 0. The fourth-order valence-corrected chi connectivity index (χ4v) is 5.23. The zero-order valence-electron chi connectivity index (χ0n) is 16.4. The third-order valence-corrected chi connectivity index (χ3v) is 7.58. The van der Waals surface area contributed by atoms with Crippen molar-refractivity contribution in [3.05, 3.63) is 95.8 Å². The molecule has 0 saturated carbocycles. The predicted octanol–water partition coefficient (Wildman–Crippen LogP) is 4.83. The summed E-state index contributed by atoms with van der Waals surface area (Å²) >= 11 is 0.0832. The number of para-hydroxylation sites is 1. The number of hydrogen-bond acceptors (Lipinski definition) is 1. The van der Waals surface area contributed by atoms with E-state index in [0.29, 0.717) is 0 Å². The molecule has 0 aliphatic heterocycles. The van der Waals surface area contributed by atoms with E-state index in [1.54, 1.807) is 0 Å². The van der Waals surface area contributed by atoms with E-state index in [0.717, 1.165) is 40.3 Å². The summed E-state index contributed by atoms with van der Waals surface area (Å²) in [4.78, 5) is 0. The van der Waals surface area contributed by atoms with Crippen LogP contribution < -0.4 is 8.92 Å². The number of rotatable bonds is 4. The van der Waals surface area contributed by atoms with Gasteiger partial charge in [-0.15, -0.1) is 0 Å². The molecule has 0 atom stereocenters. The van der Waals surface area contributed by atoms with Crippen LogP contribution >= 0.6 is 0 Å². The molecule has 0 N–H and O–H groups in total. The van der Waals surface area contributed by atoms with Gasteiger partial charge >= 0.3 is 179 Å². The van der Waals surface area contributed by atoms with Gasteiger partial charge in [0.15, 0.2) is 0 Å². The quantitative estimate of drug-likeness (QED) is 0.390. The molecule has 0 unspecified atom stereocenters. The molecule has 4 aromatic rings. The van der Waals surface area contributed by atoms with Crippen molar-refractivity contribution in [2.24, 2.45) is 0 Å². The van der Waals surface area contributed by atoms with Gasteiger partial charge in [-0.1, -0.05) is 0 Å². The average Bonchev–Trinajstić information content (AvgIpc) is 3.03. The summed E-state index contributed by atoms with van der Waals surface area (Å²) in [5.41, 5.74) is 4.22. The summed E-state index contributed by atoms with van der Waals surface area (Å²) in [5.74, 6) is 0. The monoisotopic (exact) mass is 472 g/mol. The molecule has 0 amide bonds. The van der Waals surface area contributed by atoms with Crippen molar-refractivity contribution in [3.63, 3.8) is 0 Å². The summed E-state index contributed by atoms with van der Waals surface area (Å²) in [6.07, 6.45) is -4.31. The van der Waals surface area contributed by atoms with E-state index in [-0.39, 0.29) is 15.0 Å². The van der Waals surface area contributed by atoms with Crippen LogP contribution in [-0.2, 0) is 6.18 Å². The van der Waals surface area contributed by atoms with Gasteiger partial charge in [-0.3, -0.25) is 0 Å².